The molecule has 80 valence electrons. The number of carbonyl (C=O) groups excluding carboxylic acids is 2. The lowest BCUT2D eigenvalue weighted by molar-refractivity contribution is -0.123. The summed E-state index contributed by atoms with van der Waals surface area (Å²) >= 11 is 0. The number of phenolic OH excluding ortho intramolecular Hbond substituents is 2. The lowest BCUT2D eigenvalue weighted by Gasteiger charge is -2.09. The van der Waals surface area contributed by atoms with E-state index in [1.165, 1.54) is 19.9 Å². The molecule has 0 unspecified atom stereocenters. The van der Waals surface area contributed by atoms with Crippen LogP contribution in [0.15, 0.2) is 6.07 Å². The summed E-state index contributed by atoms with van der Waals surface area (Å²) in [6.45, 7) is 2.98. The minimum absolute atomic E-state index is 0.0149. The van der Waals surface area contributed by atoms with Crippen LogP contribution in [0.25, 0.3) is 0 Å². The van der Waals surface area contributed by atoms with Crippen molar-refractivity contribution in [1.82, 2.24) is 0 Å². The maximum absolute atomic E-state index is 11.2. The average Bonchev–Trinajstić information content (AvgIpc) is 2.20. The molecule has 15 heavy (non-hydrogen) atoms. The molecule has 0 aliphatic carbocycles. The van der Waals surface area contributed by atoms with Crippen molar-refractivity contribution >= 4 is 12.4 Å². The Bertz CT molecular complexity index is 422. The Morgan fingerprint density at radius 3 is 2.47 bits per heavy atom. The third-order valence-electron chi connectivity index (χ3n) is 2.09. The van der Waals surface area contributed by atoms with Gasteiger partial charge in [0.2, 0.25) is 0 Å². The van der Waals surface area contributed by atoms with Crippen LogP contribution in [0.2, 0.25) is 0 Å². The Labute approximate surface area is 85.9 Å². The molecule has 2 N–H and O–H groups in total. The topological polar surface area (TPSA) is 83.8 Å². The van der Waals surface area contributed by atoms with E-state index >= 15 is 0 Å². The molecule has 5 heteroatoms. The van der Waals surface area contributed by atoms with E-state index in [9.17, 15) is 19.8 Å². The Hall–Kier alpha value is -2.04. The van der Waals surface area contributed by atoms with E-state index in [1.54, 1.807) is 0 Å². The smallest absolute Gasteiger partial charge is 0.346 e. The van der Waals surface area contributed by atoms with Gasteiger partial charge in [0.15, 0.2) is 11.5 Å². The van der Waals surface area contributed by atoms with Crippen LogP contribution in [-0.2, 0) is 9.53 Å². The standard InChI is InChI=1S/C10H10O5/c1-5-3-7(10(14)15-4-11)6(2)9(13)8(5)12/h3-4,12-13H,1-2H3. The molecule has 5 nitrogen and oxygen atoms in total. The minimum Gasteiger partial charge on any atom is -0.504 e. The van der Waals surface area contributed by atoms with Crippen molar-refractivity contribution in [3.8, 4) is 11.5 Å². The van der Waals surface area contributed by atoms with Gasteiger partial charge >= 0.3 is 12.4 Å². The first-order valence-electron chi connectivity index (χ1n) is 4.15. The molecule has 0 bridgehead atoms. The molecule has 0 spiro atoms. The number of esters is 1. The van der Waals surface area contributed by atoms with E-state index in [0.717, 1.165) is 0 Å². The van der Waals surface area contributed by atoms with Crippen LogP contribution in [0.4, 0.5) is 0 Å². The molecular formula is C10H10O5. The largest absolute Gasteiger partial charge is 0.504 e. The third-order valence-corrected chi connectivity index (χ3v) is 2.09. The van der Waals surface area contributed by atoms with Gasteiger partial charge in [0.1, 0.15) is 0 Å². The lowest BCUT2D eigenvalue weighted by Crippen LogP contribution is -2.06. The monoisotopic (exact) mass is 210 g/mol. The van der Waals surface area contributed by atoms with Gasteiger partial charge in [0.25, 0.3) is 0 Å². The van der Waals surface area contributed by atoms with E-state index < -0.39 is 5.97 Å². The van der Waals surface area contributed by atoms with Crippen molar-refractivity contribution in [2.24, 2.45) is 0 Å². The SMILES string of the molecule is Cc1cc(C(=O)OC=O)c(C)c(O)c1O. The fourth-order valence-electron chi connectivity index (χ4n) is 1.20. The van der Waals surface area contributed by atoms with Gasteiger partial charge in [-0.2, -0.15) is 0 Å². The van der Waals surface area contributed by atoms with Crippen molar-refractivity contribution in [3.63, 3.8) is 0 Å². The highest BCUT2D eigenvalue weighted by molar-refractivity contribution is 5.95. The number of aryl methyl sites for hydroxylation is 1. The molecule has 0 amide bonds. The molecule has 0 saturated carbocycles. The molecule has 0 saturated heterocycles. The number of ether oxygens (including phenoxy) is 1. The fraction of sp³-hybridized carbons (Fsp3) is 0.200. The Balaban J connectivity index is 3.31. The maximum atomic E-state index is 11.2. The van der Waals surface area contributed by atoms with Gasteiger partial charge in [-0.25, -0.2) is 4.79 Å². The van der Waals surface area contributed by atoms with Crippen LogP contribution in [0.1, 0.15) is 21.5 Å². The molecule has 0 radical (unpaired) electrons. The van der Waals surface area contributed by atoms with Gasteiger partial charge < -0.3 is 14.9 Å². The zero-order chi connectivity index (χ0) is 11.6. The highest BCUT2D eigenvalue weighted by Crippen LogP contribution is 2.34. The van der Waals surface area contributed by atoms with E-state index in [1.807, 2.05) is 0 Å². The van der Waals surface area contributed by atoms with Gasteiger partial charge in [-0.15, -0.1) is 0 Å². The predicted molar refractivity (Wildman–Crippen MR) is 50.7 cm³/mol. The summed E-state index contributed by atoms with van der Waals surface area (Å²) in [5, 5.41) is 18.8. The number of benzene rings is 1. The molecule has 0 atom stereocenters. The van der Waals surface area contributed by atoms with Crippen LogP contribution in [-0.4, -0.2) is 22.7 Å². The van der Waals surface area contributed by atoms with Crippen LogP contribution in [0.5, 0.6) is 11.5 Å². The summed E-state index contributed by atoms with van der Waals surface area (Å²) < 4.78 is 4.15. The number of hydrogen-bond acceptors (Lipinski definition) is 5. The number of aromatic hydroxyl groups is 2. The summed E-state index contributed by atoms with van der Waals surface area (Å²) in [4.78, 5) is 21.2. The lowest BCUT2D eigenvalue weighted by atomic mass is 10.0. The summed E-state index contributed by atoms with van der Waals surface area (Å²) in [6, 6.07) is 1.34. The van der Waals surface area contributed by atoms with E-state index in [2.05, 4.69) is 4.74 Å². The Morgan fingerprint density at radius 2 is 1.93 bits per heavy atom. The van der Waals surface area contributed by atoms with Crippen LogP contribution in [0, 0.1) is 13.8 Å². The molecule has 0 aliphatic heterocycles. The molecule has 0 aliphatic rings. The summed E-state index contributed by atoms with van der Waals surface area (Å²) in [7, 11) is 0. The molecule has 1 aromatic carbocycles. The number of carbonyl (C=O) groups is 2. The van der Waals surface area contributed by atoms with Crippen LogP contribution < -0.4 is 0 Å². The Kier molecular flexibility index (Phi) is 2.94. The zero-order valence-electron chi connectivity index (χ0n) is 8.27. The third kappa shape index (κ3) is 1.90. The van der Waals surface area contributed by atoms with Gasteiger partial charge in [-0.1, -0.05) is 0 Å². The molecule has 0 fully saturated rings. The van der Waals surface area contributed by atoms with Gasteiger partial charge in [0.05, 0.1) is 5.56 Å². The average molecular weight is 210 g/mol. The maximum Gasteiger partial charge on any atom is 0.346 e. The number of phenols is 2. The van der Waals surface area contributed by atoms with Crippen molar-refractivity contribution in [2.45, 2.75) is 13.8 Å². The fourth-order valence-corrected chi connectivity index (χ4v) is 1.20. The predicted octanol–water partition coefficient (Wildman–Crippen LogP) is 1.03. The van der Waals surface area contributed by atoms with Crippen LogP contribution >= 0.6 is 0 Å². The summed E-state index contributed by atoms with van der Waals surface area (Å²) in [6.07, 6.45) is 0. The Morgan fingerprint density at radius 1 is 1.33 bits per heavy atom. The second kappa shape index (κ2) is 4.00. The molecule has 0 heterocycles. The quantitative estimate of drug-likeness (QED) is 0.329. The first-order valence-corrected chi connectivity index (χ1v) is 4.15. The van der Waals surface area contributed by atoms with Gasteiger partial charge in [-0.05, 0) is 25.5 Å². The van der Waals surface area contributed by atoms with Gasteiger partial charge in [-0.3, -0.25) is 4.79 Å². The molecule has 1 rings (SSSR count). The minimum atomic E-state index is -0.860. The highest BCUT2D eigenvalue weighted by atomic mass is 16.6. The molecular weight excluding hydrogens is 200 g/mol. The summed E-state index contributed by atoms with van der Waals surface area (Å²) in [5.41, 5.74) is 0.552. The first kappa shape index (κ1) is 11.0. The second-order valence-corrected chi connectivity index (χ2v) is 3.06. The number of rotatable bonds is 2. The molecule has 1 aromatic rings. The van der Waals surface area contributed by atoms with Crippen molar-refractivity contribution < 1.29 is 24.5 Å². The second-order valence-electron chi connectivity index (χ2n) is 3.06. The van der Waals surface area contributed by atoms with Crippen molar-refractivity contribution in [3.05, 3.63) is 22.8 Å². The number of hydrogen-bond donors (Lipinski definition) is 2. The van der Waals surface area contributed by atoms with E-state index in [-0.39, 0.29) is 29.1 Å². The van der Waals surface area contributed by atoms with Crippen molar-refractivity contribution in [1.29, 1.82) is 0 Å². The highest BCUT2D eigenvalue weighted by Gasteiger charge is 2.17. The molecule has 0 aromatic heterocycles. The zero-order valence-corrected chi connectivity index (χ0v) is 8.27. The normalized spacial score (nSPS) is 9.73. The summed E-state index contributed by atoms with van der Waals surface area (Å²) in [5.74, 6) is -1.52. The first-order chi connectivity index (χ1) is 6.99. The van der Waals surface area contributed by atoms with Gasteiger partial charge in [0, 0.05) is 5.56 Å². The van der Waals surface area contributed by atoms with Crippen molar-refractivity contribution in [2.75, 3.05) is 0 Å². The van der Waals surface area contributed by atoms with E-state index in [0.29, 0.717) is 5.56 Å². The van der Waals surface area contributed by atoms with Crippen LogP contribution in [0.3, 0.4) is 0 Å². The van der Waals surface area contributed by atoms with E-state index in [4.69, 9.17) is 0 Å².